The molecule has 0 saturated carbocycles. The molecular weight excluding hydrogens is 425 g/mol. The minimum atomic E-state index is -0.505. The van der Waals surface area contributed by atoms with Crippen molar-refractivity contribution in [3.63, 3.8) is 0 Å². The van der Waals surface area contributed by atoms with Gasteiger partial charge in [-0.2, -0.15) is 0 Å². The topological polar surface area (TPSA) is 52.7 Å². The quantitative estimate of drug-likeness (QED) is 0.619. The van der Waals surface area contributed by atoms with E-state index in [-0.39, 0.29) is 30.0 Å². The Morgan fingerprint density at radius 3 is 2.38 bits per heavy atom. The summed E-state index contributed by atoms with van der Waals surface area (Å²) in [6, 6.07) is 18.1. The Bertz CT molecular complexity index is 1060. The maximum Gasteiger partial charge on any atom is 0.256 e. The highest BCUT2D eigenvalue weighted by Crippen LogP contribution is 2.26. The maximum absolute atomic E-state index is 13.9. The summed E-state index contributed by atoms with van der Waals surface area (Å²) in [5, 5.41) is 5.18. The second-order valence-corrected chi connectivity index (χ2v) is 8.95. The molecule has 1 N–H and O–H groups in total. The largest absolute Gasteiger partial charge is 0.343 e. The second-order valence-electron chi connectivity index (χ2n) is 7.97. The lowest BCUT2D eigenvalue weighted by atomic mass is 10.0. The monoisotopic (exact) mass is 451 g/mol. The number of aryl methyl sites for hydroxylation is 1. The van der Waals surface area contributed by atoms with Crippen LogP contribution in [0.1, 0.15) is 32.4 Å². The summed E-state index contributed by atoms with van der Waals surface area (Å²) in [4.78, 5) is 30.2. The first-order valence-corrected chi connectivity index (χ1v) is 11.5. The Kier molecular flexibility index (Phi) is 6.97. The van der Waals surface area contributed by atoms with Gasteiger partial charge in [0.1, 0.15) is 5.82 Å². The van der Waals surface area contributed by atoms with E-state index in [0.717, 1.165) is 10.4 Å². The van der Waals surface area contributed by atoms with Crippen LogP contribution in [-0.4, -0.2) is 54.3 Å². The smallest absolute Gasteiger partial charge is 0.256 e. The van der Waals surface area contributed by atoms with Gasteiger partial charge >= 0.3 is 0 Å². The molecule has 0 aliphatic carbocycles. The fraction of sp³-hybridized carbons (Fsp3) is 0.280. The lowest BCUT2D eigenvalue weighted by Crippen LogP contribution is -2.51. The number of carbonyl (C=O) groups excluding carboxylic acids is 2. The van der Waals surface area contributed by atoms with Crippen molar-refractivity contribution in [2.75, 3.05) is 32.7 Å². The molecule has 1 unspecified atom stereocenters. The summed E-state index contributed by atoms with van der Waals surface area (Å²) in [6.07, 6.45) is 0. The number of nitrogens with one attached hydrogen (secondary N) is 1. The highest BCUT2D eigenvalue weighted by atomic mass is 32.1. The zero-order valence-corrected chi connectivity index (χ0v) is 18.8. The Labute approximate surface area is 191 Å². The average molecular weight is 452 g/mol. The van der Waals surface area contributed by atoms with E-state index in [1.54, 1.807) is 28.4 Å². The maximum atomic E-state index is 13.9. The Hall–Kier alpha value is -3.03. The molecule has 1 saturated heterocycles. The van der Waals surface area contributed by atoms with Crippen molar-refractivity contribution in [2.45, 2.75) is 13.0 Å². The van der Waals surface area contributed by atoms with Gasteiger partial charge in [0.15, 0.2) is 0 Å². The van der Waals surface area contributed by atoms with Gasteiger partial charge in [-0.15, -0.1) is 11.3 Å². The normalized spacial score (nSPS) is 15.4. The predicted molar refractivity (Wildman–Crippen MR) is 124 cm³/mol. The predicted octanol–water partition coefficient (Wildman–Crippen LogP) is 3.86. The lowest BCUT2D eigenvalue weighted by molar-refractivity contribution is -0.123. The van der Waals surface area contributed by atoms with Gasteiger partial charge in [-0.3, -0.25) is 14.5 Å². The van der Waals surface area contributed by atoms with Crippen LogP contribution in [-0.2, 0) is 4.79 Å². The van der Waals surface area contributed by atoms with Gasteiger partial charge in [-0.25, -0.2) is 4.39 Å². The minimum Gasteiger partial charge on any atom is -0.343 e. The molecule has 32 heavy (non-hydrogen) atoms. The number of halogens is 1. The third-order valence-corrected chi connectivity index (χ3v) is 6.61. The summed E-state index contributed by atoms with van der Waals surface area (Å²) in [6.45, 7) is 4.37. The Balaban J connectivity index is 1.34. The molecule has 1 aliphatic heterocycles. The fourth-order valence-electron chi connectivity index (χ4n) is 3.86. The Morgan fingerprint density at radius 2 is 1.72 bits per heavy atom. The van der Waals surface area contributed by atoms with E-state index in [4.69, 9.17) is 0 Å². The first-order chi connectivity index (χ1) is 15.5. The summed E-state index contributed by atoms with van der Waals surface area (Å²) in [7, 11) is 0. The summed E-state index contributed by atoms with van der Waals surface area (Å²) in [5.41, 5.74) is 2.31. The molecule has 7 heteroatoms. The van der Waals surface area contributed by atoms with Crippen LogP contribution in [0, 0.1) is 12.7 Å². The molecule has 0 radical (unpaired) electrons. The van der Waals surface area contributed by atoms with Crippen LogP contribution >= 0.6 is 11.3 Å². The summed E-state index contributed by atoms with van der Waals surface area (Å²) < 4.78 is 13.9. The van der Waals surface area contributed by atoms with Crippen LogP contribution in [0.3, 0.4) is 0 Å². The molecule has 0 spiro atoms. The first-order valence-electron chi connectivity index (χ1n) is 10.7. The number of benzene rings is 2. The number of hydrogen-bond donors (Lipinski definition) is 1. The molecule has 2 heterocycles. The third kappa shape index (κ3) is 5.23. The van der Waals surface area contributed by atoms with Gasteiger partial charge in [0, 0.05) is 31.1 Å². The average Bonchev–Trinajstić information content (AvgIpc) is 3.33. The number of thiophene rings is 1. The van der Waals surface area contributed by atoms with E-state index in [0.29, 0.717) is 26.2 Å². The van der Waals surface area contributed by atoms with Crippen LogP contribution in [0.2, 0.25) is 0 Å². The zero-order chi connectivity index (χ0) is 22.5. The minimum absolute atomic E-state index is 0.0575. The van der Waals surface area contributed by atoms with Gasteiger partial charge in [-0.05, 0) is 36.1 Å². The summed E-state index contributed by atoms with van der Waals surface area (Å²) >= 11 is 1.62. The van der Waals surface area contributed by atoms with Crippen molar-refractivity contribution in [1.29, 1.82) is 0 Å². The van der Waals surface area contributed by atoms with Gasteiger partial charge < -0.3 is 10.2 Å². The van der Waals surface area contributed by atoms with Crippen molar-refractivity contribution < 1.29 is 14.0 Å². The van der Waals surface area contributed by atoms with Gasteiger partial charge in [-0.1, -0.05) is 48.0 Å². The van der Waals surface area contributed by atoms with Crippen molar-refractivity contribution in [2.24, 2.45) is 0 Å². The number of amides is 2. The SMILES string of the molecule is Cc1ccc(C(NC(=O)CN2CCN(C(=O)c3ccccc3F)CC2)c2cccs2)cc1. The molecule has 5 nitrogen and oxygen atoms in total. The highest BCUT2D eigenvalue weighted by Gasteiger charge is 2.26. The van der Waals surface area contributed by atoms with E-state index < -0.39 is 5.82 Å². The van der Waals surface area contributed by atoms with Crippen molar-refractivity contribution in [3.05, 3.63) is 93.4 Å². The van der Waals surface area contributed by atoms with Crippen molar-refractivity contribution >= 4 is 23.2 Å². The number of nitrogens with zero attached hydrogens (tertiary/aromatic N) is 2. The molecule has 1 fully saturated rings. The van der Waals surface area contributed by atoms with E-state index in [2.05, 4.69) is 5.32 Å². The number of piperazine rings is 1. The first kappa shape index (κ1) is 22.2. The van der Waals surface area contributed by atoms with Crippen LogP contribution < -0.4 is 5.32 Å². The molecule has 1 aromatic heterocycles. The van der Waals surface area contributed by atoms with E-state index in [1.165, 1.54) is 17.7 Å². The fourth-order valence-corrected chi connectivity index (χ4v) is 4.66. The van der Waals surface area contributed by atoms with Crippen molar-refractivity contribution in [3.8, 4) is 0 Å². The highest BCUT2D eigenvalue weighted by molar-refractivity contribution is 7.10. The number of hydrogen-bond acceptors (Lipinski definition) is 4. The van der Waals surface area contributed by atoms with Gasteiger partial charge in [0.25, 0.3) is 5.91 Å². The zero-order valence-electron chi connectivity index (χ0n) is 18.0. The molecule has 2 aromatic carbocycles. The number of carbonyl (C=O) groups is 2. The van der Waals surface area contributed by atoms with Crippen LogP contribution in [0.4, 0.5) is 4.39 Å². The van der Waals surface area contributed by atoms with Crippen LogP contribution in [0.15, 0.2) is 66.0 Å². The molecule has 166 valence electrons. The summed E-state index contributed by atoms with van der Waals surface area (Å²) in [5.74, 6) is -0.864. The molecule has 2 amide bonds. The van der Waals surface area contributed by atoms with E-state index >= 15 is 0 Å². The van der Waals surface area contributed by atoms with Gasteiger partial charge in [0.05, 0.1) is 18.2 Å². The van der Waals surface area contributed by atoms with Crippen LogP contribution in [0.5, 0.6) is 0 Å². The molecule has 0 bridgehead atoms. The van der Waals surface area contributed by atoms with Crippen molar-refractivity contribution in [1.82, 2.24) is 15.1 Å². The van der Waals surface area contributed by atoms with E-state index in [1.807, 2.05) is 53.6 Å². The molecule has 1 aliphatic rings. The standard InChI is InChI=1S/C25H26FN3O2S/c1-18-8-10-19(11-9-18)24(22-7-4-16-32-22)27-23(30)17-28-12-14-29(15-13-28)25(31)20-5-2-3-6-21(20)26/h2-11,16,24H,12-15,17H2,1H3,(H,27,30). The molecule has 3 aromatic rings. The third-order valence-electron chi connectivity index (χ3n) is 5.67. The molecular formula is C25H26FN3O2S. The Morgan fingerprint density at radius 1 is 1.00 bits per heavy atom. The number of rotatable bonds is 6. The van der Waals surface area contributed by atoms with Crippen LogP contribution in [0.25, 0.3) is 0 Å². The lowest BCUT2D eigenvalue weighted by Gasteiger charge is -2.34. The van der Waals surface area contributed by atoms with Gasteiger partial charge in [0.2, 0.25) is 5.91 Å². The van der Waals surface area contributed by atoms with E-state index in [9.17, 15) is 14.0 Å². The molecule has 1 atom stereocenters. The molecule has 4 rings (SSSR count). The second kappa shape index (κ2) is 10.1.